The lowest BCUT2D eigenvalue weighted by Crippen LogP contribution is -2.37. The molecule has 2 unspecified atom stereocenters. The van der Waals surface area contributed by atoms with Gasteiger partial charge in [-0.15, -0.1) is 0 Å². The normalized spacial score (nSPS) is 25.7. The molecule has 0 bridgehead atoms. The number of nitrogens with two attached hydrogens (primary N) is 1. The van der Waals surface area contributed by atoms with E-state index in [1.165, 1.54) is 0 Å². The first-order valence-electron chi connectivity index (χ1n) is 6.30. The van der Waals surface area contributed by atoms with Crippen LogP contribution in [0, 0.1) is 10.1 Å². The van der Waals surface area contributed by atoms with E-state index in [4.69, 9.17) is 5.73 Å². The number of rotatable bonds is 2. The Morgan fingerprint density at radius 1 is 1.39 bits per heavy atom. The highest BCUT2D eigenvalue weighted by Crippen LogP contribution is 2.33. The van der Waals surface area contributed by atoms with Gasteiger partial charge in [-0.25, -0.2) is 0 Å². The van der Waals surface area contributed by atoms with Crippen molar-refractivity contribution >= 4 is 5.69 Å². The number of nitrogens with zero attached hydrogens (tertiary/aromatic N) is 2. The predicted molar refractivity (Wildman–Crippen MR) is 70.3 cm³/mol. The minimum Gasteiger partial charge on any atom is -0.326 e. The zero-order valence-electron chi connectivity index (χ0n) is 10.6. The maximum atomic E-state index is 11.1. The Bertz CT molecular complexity index is 424. The van der Waals surface area contributed by atoms with E-state index in [-0.39, 0.29) is 22.7 Å². The Hall–Kier alpha value is -1.46. The summed E-state index contributed by atoms with van der Waals surface area (Å²) in [5.74, 6) is 0. The average molecular weight is 249 g/mol. The van der Waals surface area contributed by atoms with Gasteiger partial charge in [-0.05, 0) is 26.4 Å². The lowest BCUT2D eigenvalue weighted by atomic mass is 9.95. The topological polar surface area (TPSA) is 72.4 Å². The van der Waals surface area contributed by atoms with E-state index in [2.05, 4.69) is 4.90 Å². The molecule has 0 amide bonds. The number of likely N-dealkylation sites (N-methyl/N-ethyl adjacent to an activating group) is 1. The van der Waals surface area contributed by atoms with Gasteiger partial charge in [0.05, 0.1) is 11.0 Å². The van der Waals surface area contributed by atoms with Crippen LogP contribution >= 0.6 is 0 Å². The van der Waals surface area contributed by atoms with Gasteiger partial charge in [0.1, 0.15) is 0 Å². The van der Waals surface area contributed by atoms with Gasteiger partial charge in [-0.2, -0.15) is 0 Å². The molecule has 1 aromatic rings. The van der Waals surface area contributed by atoms with Crippen molar-refractivity contribution in [3.05, 3.63) is 39.9 Å². The van der Waals surface area contributed by atoms with Crippen LogP contribution in [0.5, 0.6) is 0 Å². The Morgan fingerprint density at radius 3 is 2.83 bits per heavy atom. The quantitative estimate of drug-likeness (QED) is 0.643. The summed E-state index contributed by atoms with van der Waals surface area (Å²) in [6.45, 7) is 0.935. The molecule has 1 aliphatic rings. The Kier molecular flexibility index (Phi) is 3.93. The summed E-state index contributed by atoms with van der Waals surface area (Å²) >= 11 is 0. The molecule has 1 saturated heterocycles. The molecule has 1 aliphatic heterocycles. The largest absolute Gasteiger partial charge is 0.326 e. The SMILES string of the molecule is CN1CCCCC(N)C1c1ccccc1[N+](=O)[O-]. The highest BCUT2D eigenvalue weighted by molar-refractivity contribution is 5.42. The number of para-hydroxylation sites is 1. The van der Waals surface area contributed by atoms with Gasteiger partial charge >= 0.3 is 0 Å². The van der Waals surface area contributed by atoms with Crippen molar-refractivity contribution in [2.75, 3.05) is 13.6 Å². The number of hydrogen-bond donors (Lipinski definition) is 1. The predicted octanol–water partition coefficient (Wildman–Crippen LogP) is 2.08. The van der Waals surface area contributed by atoms with E-state index < -0.39 is 0 Å². The molecular formula is C13H19N3O2. The summed E-state index contributed by atoms with van der Waals surface area (Å²) in [7, 11) is 1.99. The van der Waals surface area contributed by atoms with Crippen molar-refractivity contribution in [2.24, 2.45) is 5.73 Å². The van der Waals surface area contributed by atoms with Gasteiger partial charge < -0.3 is 5.73 Å². The van der Waals surface area contributed by atoms with Crippen LogP contribution in [0.25, 0.3) is 0 Å². The molecule has 2 rings (SSSR count). The fourth-order valence-corrected chi connectivity index (χ4v) is 2.74. The molecule has 0 radical (unpaired) electrons. The van der Waals surface area contributed by atoms with Gasteiger partial charge in [0.15, 0.2) is 0 Å². The van der Waals surface area contributed by atoms with Crippen LogP contribution in [0.1, 0.15) is 30.9 Å². The number of hydrogen-bond acceptors (Lipinski definition) is 4. The Morgan fingerprint density at radius 2 is 2.11 bits per heavy atom. The average Bonchev–Trinajstić information content (AvgIpc) is 2.50. The number of likely N-dealkylation sites (tertiary alicyclic amines) is 1. The fraction of sp³-hybridized carbons (Fsp3) is 0.538. The molecule has 0 saturated carbocycles. The molecule has 18 heavy (non-hydrogen) atoms. The number of benzene rings is 1. The second-order valence-corrected chi connectivity index (χ2v) is 4.90. The van der Waals surface area contributed by atoms with Crippen molar-refractivity contribution in [3.8, 4) is 0 Å². The van der Waals surface area contributed by atoms with Gasteiger partial charge in [-0.1, -0.05) is 24.6 Å². The number of nitro benzene ring substituents is 1. The highest BCUT2D eigenvalue weighted by Gasteiger charge is 2.31. The minimum atomic E-state index is -0.319. The maximum absolute atomic E-state index is 11.1. The highest BCUT2D eigenvalue weighted by atomic mass is 16.6. The first-order chi connectivity index (χ1) is 8.61. The van der Waals surface area contributed by atoms with Crippen molar-refractivity contribution in [2.45, 2.75) is 31.3 Å². The molecule has 1 aromatic carbocycles. The van der Waals surface area contributed by atoms with Gasteiger partial charge in [0, 0.05) is 17.7 Å². The van der Waals surface area contributed by atoms with E-state index in [1.807, 2.05) is 19.2 Å². The molecule has 98 valence electrons. The standard InChI is InChI=1S/C13H19N3O2/c1-15-9-5-4-7-11(14)13(15)10-6-2-3-8-12(10)16(17)18/h2-3,6,8,11,13H,4-5,7,9,14H2,1H3. The van der Waals surface area contributed by atoms with Gasteiger partial charge in [0.2, 0.25) is 0 Å². The van der Waals surface area contributed by atoms with E-state index in [1.54, 1.807) is 12.1 Å². The third-order valence-corrected chi connectivity index (χ3v) is 3.63. The third-order valence-electron chi connectivity index (χ3n) is 3.63. The van der Waals surface area contributed by atoms with Gasteiger partial charge in [-0.3, -0.25) is 15.0 Å². The zero-order valence-corrected chi connectivity index (χ0v) is 10.6. The second kappa shape index (κ2) is 5.46. The summed E-state index contributed by atoms with van der Waals surface area (Å²) in [5.41, 5.74) is 7.11. The van der Waals surface area contributed by atoms with Crippen molar-refractivity contribution in [1.82, 2.24) is 4.90 Å². The molecule has 5 nitrogen and oxygen atoms in total. The molecule has 5 heteroatoms. The van der Waals surface area contributed by atoms with Crippen LogP contribution in [0.15, 0.2) is 24.3 Å². The molecule has 0 spiro atoms. The maximum Gasteiger partial charge on any atom is 0.274 e. The van der Waals surface area contributed by atoms with E-state index in [0.29, 0.717) is 0 Å². The Balaban J connectivity index is 2.41. The van der Waals surface area contributed by atoms with E-state index >= 15 is 0 Å². The smallest absolute Gasteiger partial charge is 0.274 e. The third kappa shape index (κ3) is 2.52. The summed E-state index contributed by atoms with van der Waals surface area (Å²) in [5, 5.41) is 11.1. The van der Waals surface area contributed by atoms with Crippen LogP contribution in [0.3, 0.4) is 0 Å². The van der Waals surface area contributed by atoms with E-state index in [9.17, 15) is 10.1 Å². The van der Waals surface area contributed by atoms with E-state index in [0.717, 1.165) is 31.4 Å². The lowest BCUT2D eigenvalue weighted by molar-refractivity contribution is -0.386. The van der Waals surface area contributed by atoms with Crippen molar-refractivity contribution in [1.29, 1.82) is 0 Å². The molecule has 0 aromatic heterocycles. The molecule has 2 atom stereocenters. The molecule has 1 fully saturated rings. The summed E-state index contributed by atoms with van der Waals surface area (Å²) in [6, 6.07) is 6.82. The summed E-state index contributed by atoms with van der Waals surface area (Å²) in [4.78, 5) is 12.9. The monoisotopic (exact) mass is 249 g/mol. The van der Waals surface area contributed by atoms with Crippen molar-refractivity contribution in [3.63, 3.8) is 0 Å². The summed E-state index contributed by atoms with van der Waals surface area (Å²) in [6.07, 6.45) is 3.10. The van der Waals surface area contributed by atoms with Crippen LogP contribution in [0.2, 0.25) is 0 Å². The second-order valence-electron chi connectivity index (χ2n) is 4.90. The van der Waals surface area contributed by atoms with Crippen LogP contribution in [0.4, 0.5) is 5.69 Å². The molecule has 1 heterocycles. The molecular weight excluding hydrogens is 230 g/mol. The van der Waals surface area contributed by atoms with Crippen LogP contribution in [-0.2, 0) is 0 Å². The van der Waals surface area contributed by atoms with Gasteiger partial charge in [0.25, 0.3) is 5.69 Å². The molecule has 2 N–H and O–H groups in total. The zero-order chi connectivity index (χ0) is 13.1. The Labute approximate surface area is 107 Å². The first kappa shape index (κ1) is 13.0. The number of nitro groups is 1. The molecule has 0 aliphatic carbocycles. The lowest BCUT2D eigenvalue weighted by Gasteiger charge is -2.30. The van der Waals surface area contributed by atoms with Crippen molar-refractivity contribution < 1.29 is 4.92 Å². The fourth-order valence-electron chi connectivity index (χ4n) is 2.74. The minimum absolute atomic E-state index is 0.0430. The first-order valence-corrected chi connectivity index (χ1v) is 6.30. The van der Waals surface area contributed by atoms with Crippen LogP contribution in [-0.4, -0.2) is 29.5 Å². The van der Waals surface area contributed by atoms with Crippen LogP contribution < -0.4 is 5.73 Å². The summed E-state index contributed by atoms with van der Waals surface area (Å²) < 4.78 is 0.